The van der Waals surface area contributed by atoms with Crippen LogP contribution in [0.15, 0.2) is 24.3 Å². The molecule has 3 N–H and O–H groups in total. The summed E-state index contributed by atoms with van der Waals surface area (Å²) in [5, 5.41) is 23.1. The summed E-state index contributed by atoms with van der Waals surface area (Å²) in [5.74, 6) is -0.0403. The first-order valence-corrected chi connectivity index (χ1v) is 36.1. The van der Waals surface area contributed by atoms with Gasteiger partial charge in [-0.2, -0.15) is 0 Å². The summed E-state index contributed by atoms with van der Waals surface area (Å²) < 4.78 is 5.48. The number of unbranched alkanes of at least 4 members (excludes halogenated alkanes) is 55. The minimum Gasteiger partial charge on any atom is -0.466 e. The molecule has 0 rings (SSSR count). The van der Waals surface area contributed by atoms with E-state index in [-0.39, 0.29) is 18.5 Å². The van der Waals surface area contributed by atoms with Gasteiger partial charge < -0.3 is 20.3 Å². The summed E-state index contributed by atoms with van der Waals surface area (Å²) >= 11 is 0. The summed E-state index contributed by atoms with van der Waals surface area (Å²) in [6, 6.07) is -0.624. The highest BCUT2D eigenvalue weighted by molar-refractivity contribution is 5.76. The van der Waals surface area contributed by atoms with Crippen molar-refractivity contribution in [2.24, 2.45) is 0 Å². The topological polar surface area (TPSA) is 95.9 Å². The summed E-state index contributed by atoms with van der Waals surface area (Å²) in [6.07, 6.45) is 87.1. The molecule has 0 aliphatic heterocycles. The highest BCUT2D eigenvalue weighted by Gasteiger charge is 2.18. The summed E-state index contributed by atoms with van der Waals surface area (Å²) in [5.41, 5.74) is 0. The van der Waals surface area contributed by atoms with Gasteiger partial charge in [0.1, 0.15) is 0 Å². The Morgan fingerprint density at radius 2 is 0.595 bits per heavy atom. The van der Waals surface area contributed by atoms with E-state index in [1.807, 2.05) is 6.08 Å². The zero-order chi connectivity index (χ0) is 57.1. The number of carbonyl (C=O) groups is 2. The number of ether oxygens (including phenoxy) is 1. The predicted octanol–water partition coefficient (Wildman–Crippen LogP) is 23.3. The number of aliphatic hydroxyl groups excluding tert-OH is 2. The number of carbonyl (C=O) groups excluding carboxylic acids is 2. The molecule has 0 radical (unpaired) electrons. The number of rotatable bonds is 68. The number of aliphatic hydroxyl groups is 2. The Morgan fingerprint density at radius 1 is 0.342 bits per heavy atom. The Morgan fingerprint density at radius 3 is 0.899 bits per heavy atom. The van der Waals surface area contributed by atoms with Gasteiger partial charge in [0.25, 0.3) is 0 Å². The van der Waals surface area contributed by atoms with Gasteiger partial charge in [0.05, 0.1) is 25.4 Å². The Labute approximate surface area is 494 Å². The van der Waals surface area contributed by atoms with E-state index in [0.717, 1.165) is 38.5 Å². The van der Waals surface area contributed by atoms with Gasteiger partial charge in [0, 0.05) is 12.8 Å². The van der Waals surface area contributed by atoms with Crippen molar-refractivity contribution in [3.63, 3.8) is 0 Å². The highest BCUT2D eigenvalue weighted by Crippen LogP contribution is 2.19. The largest absolute Gasteiger partial charge is 0.466 e. The molecule has 1 amide bonds. The molecular weight excluding hydrogens is 971 g/mol. The lowest BCUT2D eigenvalue weighted by Gasteiger charge is -2.20. The number of nitrogens with one attached hydrogen (secondary N) is 1. The molecule has 6 heteroatoms. The summed E-state index contributed by atoms with van der Waals surface area (Å²) in [4.78, 5) is 24.5. The number of allylic oxidation sites excluding steroid dienone is 3. The van der Waals surface area contributed by atoms with E-state index in [2.05, 4.69) is 31.3 Å². The predicted molar refractivity (Wildman–Crippen MR) is 347 cm³/mol. The van der Waals surface area contributed by atoms with Gasteiger partial charge in [-0.1, -0.05) is 359 Å². The normalized spacial score (nSPS) is 12.6. The van der Waals surface area contributed by atoms with Crippen LogP contribution in [-0.2, 0) is 14.3 Å². The van der Waals surface area contributed by atoms with Crippen molar-refractivity contribution in [1.29, 1.82) is 0 Å². The maximum atomic E-state index is 12.5. The minimum atomic E-state index is -0.841. The van der Waals surface area contributed by atoms with Crippen molar-refractivity contribution in [2.45, 2.75) is 418 Å². The molecule has 6 nitrogen and oxygen atoms in total. The molecule has 0 saturated carbocycles. The fourth-order valence-corrected chi connectivity index (χ4v) is 11.5. The molecule has 79 heavy (non-hydrogen) atoms. The molecule has 0 aromatic rings. The molecule has 0 spiro atoms. The minimum absolute atomic E-state index is 0.0214. The lowest BCUT2D eigenvalue weighted by molar-refractivity contribution is -0.143. The maximum Gasteiger partial charge on any atom is 0.305 e. The van der Waals surface area contributed by atoms with Crippen molar-refractivity contribution < 1.29 is 24.5 Å². The zero-order valence-corrected chi connectivity index (χ0v) is 53.6. The third-order valence-corrected chi connectivity index (χ3v) is 17.0. The second-order valence-corrected chi connectivity index (χ2v) is 24.9. The molecule has 0 aliphatic rings. The van der Waals surface area contributed by atoms with E-state index in [1.54, 1.807) is 6.08 Å². The first-order chi connectivity index (χ1) is 39.0. The smallest absolute Gasteiger partial charge is 0.305 e. The van der Waals surface area contributed by atoms with Gasteiger partial charge in [-0.3, -0.25) is 9.59 Å². The molecular formula is C73H141NO5. The van der Waals surface area contributed by atoms with Crippen LogP contribution in [0.3, 0.4) is 0 Å². The number of hydrogen-bond donors (Lipinski definition) is 3. The van der Waals surface area contributed by atoms with Crippen LogP contribution in [0.25, 0.3) is 0 Å². The van der Waals surface area contributed by atoms with Gasteiger partial charge in [0.15, 0.2) is 0 Å². The SMILES string of the molecule is CCCCCCCCCCCCCC/C=C/C(O)C(CO)NC(=O)CCCCCCCCCCCCCCCCCCC/C=C\CCCCCCCCCCCCCCCCCCOC(=O)CCCCCCCCCCCCC. The number of esters is 1. The third-order valence-electron chi connectivity index (χ3n) is 17.0. The van der Waals surface area contributed by atoms with Crippen LogP contribution in [0.4, 0.5) is 0 Å². The van der Waals surface area contributed by atoms with Gasteiger partial charge in [-0.05, 0) is 57.8 Å². The molecule has 0 aliphatic carbocycles. The maximum absolute atomic E-state index is 12.5. The lowest BCUT2D eigenvalue weighted by Crippen LogP contribution is -2.45. The Balaban J connectivity index is 3.33. The Bertz CT molecular complexity index is 1230. The van der Waals surface area contributed by atoms with Crippen LogP contribution in [-0.4, -0.2) is 47.4 Å². The van der Waals surface area contributed by atoms with Crippen LogP contribution >= 0.6 is 0 Å². The molecule has 468 valence electrons. The van der Waals surface area contributed by atoms with Crippen LogP contribution in [0, 0.1) is 0 Å². The summed E-state index contributed by atoms with van der Waals surface area (Å²) in [7, 11) is 0. The molecule has 0 heterocycles. The first kappa shape index (κ1) is 77.3. The molecule has 2 unspecified atom stereocenters. The molecule has 0 aromatic heterocycles. The molecule has 2 atom stereocenters. The molecule has 0 bridgehead atoms. The van der Waals surface area contributed by atoms with E-state index in [9.17, 15) is 19.8 Å². The van der Waals surface area contributed by atoms with Crippen molar-refractivity contribution in [3.8, 4) is 0 Å². The van der Waals surface area contributed by atoms with Crippen molar-refractivity contribution in [3.05, 3.63) is 24.3 Å². The fraction of sp³-hybridized carbons (Fsp3) is 0.918. The van der Waals surface area contributed by atoms with Crippen LogP contribution in [0.1, 0.15) is 406 Å². The molecule has 0 saturated heterocycles. The second kappa shape index (κ2) is 68.8. The van der Waals surface area contributed by atoms with Crippen molar-refractivity contribution >= 4 is 11.9 Å². The highest BCUT2D eigenvalue weighted by atomic mass is 16.5. The lowest BCUT2D eigenvalue weighted by atomic mass is 10.0. The average Bonchev–Trinajstić information content (AvgIpc) is 3.45. The monoisotopic (exact) mass is 1110 g/mol. The number of amides is 1. The van der Waals surface area contributed by atoms with Gasteiger partial charge >= 0.3 is 5.97 Å². The van der Waals surface area contributed by atoms with E-state index in [1.165, 1.54) is 340 Å². The molecule has 0 aromatic carbocycles. The van der Waals surface area contributed by atoms with Gasteiger partial charge in [0.2, 0.25) is 5.91 Å². The van der Waals surface area contributed by atoms with Crippen LogP contribution in [0.2, 0.25) is 0 Å². The van der Waals surface area contributed by atoms with E-state index in [4.69, 9.17) is 4.74 Å². The van der Waals surface area contributed by atoms with Crippen LogP contribution < -0.4 is 5.32 Å². The standard InChI is InChI=1S/C73H141NO5/c1-3-5-7-9-11-13-15-16-42-46-49-53-57-61-65-71(76)70(69-75)74-72(77)66-62-58-54-50-47-43-40-38-36-34-32-30-28-26-24-22-20-18-17-19-21-23-25-27-29-31-33-35-37-39-41-44-48-52-56-60-64-68-79-73(78)67-63-59-55-51-45-14-12-10-8-6-4-2/h17,19,61,65,70-71,75-76H,3-16,18,20-60,62-64,66-69H2,1-2H3,(H,74,77)/b19-17-,65-61+. The summed E-state index contributed by atoms with van der Waals surface area (Å²) in [6.45, 7) is 4.93. The van der Waals surface area contributed by atoms with E-state index < -0.39 is 12.1 Å². The Kier molecular flexibility index (Phi) is 67.4. The van der Waals surface area contributed by atoms with Crippen LogP contribution in [0.5, 0.6) is 0 Å². The zero-order valence-electron chi connectivity index (χ0n) is 53.6. The number of hydrogen-bond acceptors (Lipinski definition) is 5. The quantitative estimate of drug-likeness (QED) is 0.0320. The fourth-order valence-electron chi connectivity index (χ4n) is 11.5. The van der Waals surface area contributed by atoms with E-state index in [0.29, 0.717) is 19.4 Å². The van der Waals surface area contributed by atoms with Gasteiger partial charge in [-0.15, -0.1) is 0 Å². The first-order valence-electron chi connectivity index (χ1n) is 36.1. The Hall–Kier alpha value is -1.66. The third kappa shape index (κ3) is 65.4. The van der Waals surface area contributed by atoms with Gasteiger partial charge in [-0.25, -0.2) is 0 Å². The second-order valence-electron chi connectivity index (χ2n) is 24.9. The van der Waals surface area contributed by atoms with E-state index >= 15 is 0 Å². The van der Waals surface area contributed by atoms with Crippen molar-refractivity contribution in [1.82, 2.24) is 5.32 Å². The van der Waals surface area contributed by atoms with Crippen molar-refractivity contribution in [2.75, 3.05) is 13.2 Å². The molecule has 0 fully saturated rings. The average molecular weight is 1110 g/mol.